The van der Waals surface area contributed by atoms with Gasteiger partial charge in [-0.2, -0.15) is 16.9 Å². The molecule has 22 heavy (non-hydrogen) atoms. The van der Waals surface area contributed by atoms with Gasteiger partial charge in [0.15, 0.2) is 0 Å². The van der Waals surface area contributed by atoms with Gasteiger partial charge >= 0.3 is 0 Å². The van der Waals surface area contributed by atoms with Crippen molar-refractivity contribution in [1.29, 1.82) is 0 Å². The molecule has 0 bridgehead atoms. The molecule has 0 spiro atoms. The Balaban J connectivity index is 1.71. The standard InChI is InChI=1S/C17H19N3OS/c21-17(19-8-10-22-11-9-19)15-12-18-20(16(15)13-6-7-13)14-4-2-1-3-5-14/h1-5,12-13H,6-11H2. The minimum absolute atomic E-state index is 0.157. The number of carbonyl (C=O) groups excluding carboxylic acids is 1. The van der Waals surface area contributed by atoms with Crippen LogP contribution in [0.2, 0.25) is 0 Å². The van der Waals surface area contributed by atoms with Crippen molar-refractivity contribution in [3.05, 3.63) is 47.8 Å². The summed E-state index contributed by atoms with van der Waals surface area (Å²) in [5, 5.41) is 4.53. The monoisotopic (exact) mass is 313 g/mol. The molecule has 1 saturated carbocycles. The van der Waals surface area contributed by atoms with Crippen molar-refractivity contribution in [3.8, 4) is 5.69 Å². The third-order valence-electron chi connectivity index (χ3n) is 4.30. The molecular weight excluding hydrogens is 294 g/mol. The molecule has 1 amide bonds. The molecule has 2 heterocycles. The van der Waals surface area contributed by atoms with Crippen LogP contribution in [0.15, 0.2) is 36.5 Å². The third kappa shape index (κ3) is 2.54. The fourth-order valence-electron chi connectivity index (χ4n) is 2.98. The molecule has 1 aromatic heterocycles. The molecule has 5 heteroatoms. The first kappa shape index (κ1) is 13.9. The number of carbonyl (C=O) groups is 1. The first-order valence-corrected chi connectivity index (χ1v) is 9.00. The van der Waals surface area contributed by atoms with Crippen molar-refractivity contribution >= 4 is 17.7 Å². The van der Waals surface area contributed by atoms with E-state index in [1.54, 1.807) is 6.20 Å². The van der Waals surface area contributed by atoms with Crippen LogP contribution in [0.3, 0.4) is 0 Å². The van der Waals surface area contributed by atoms with E-state index >= 15 is 0 Å². The first-order chi connectivity index (χ1) is 10.8. The summed E-state index contributed by atoms with van der Waals surface area (Å²) in [5.41, 5.74) is 2.95. The van der Waals surface area contributed by atoms with Gasteiger partial charge in [-0.15, -0.1) is 0 Å². The molecule has 2 aliphatic rings. The van der Waals surface area contributed by atoms with E-state index in [0.717, 1.165) is 54.4 Å². The molecule has 0 atom stereocenters. The minimum Gasteiger partial charge on any atom is -0.337 e. The lowest BCUT2D eigenvalue weighted by Crippen LogP contribution is -2.38. The van der Waals surface area contributed by atoms with Crippen molar-refractivity contribution in [1.82, 2.24) is 14.7 Å². The molecule has 1 aliphatic carbocycles. The van der Waals surface area contributed by atoms with E-state index in [-0.39, 0.29) is 5.91 Å². The number of nitrogens with zero attached hydrogens (tertiary/aromatic N) is 3. The number of hydrogen-bond acceptors (Lipinski definition) is 3. The Morgan fingerprint density at radius 1 is 1.14 bits per heavy atom. The van der Waals surface area contributed by atoms with E-state index < -0.39 is 0 Å². The summed E-state index contributed by atoms with van der Waals surface area (Å²) in [6.07, 6.45) is 4.09. The largest absolute Gasteiger partial charge is 0.337 e. The SMILES string of the molecule is O=C(c1cnn(-c2ccccc2)c1C1CC1)N1CCSCC1. The Hall–Kier alpha value is -1.75. The van der Waals surface area contributed by atoms with Gasteiger partial charge in [-0.05, 0) is 25.0 Å². The first-order valence-electron chi connectivity index (χ1n) is 7.85. The maximum atomic E-state index is 12.9. The lowest BCUT2D eigenvalue weighted by atomic mass is 10.1. The molecule has 2 aromatic rings. The van der Waals surface area contributed by atoms with Crippen molar-refractivity contribution in [2.45, 2.75) is 18.8 Å². The predicted octanol–water partition coefficient (Wildman–Crippen LogP) is 2.94. The summed E-state index contributed by atoms with van der Waals surface area (Å²) >= 11 is 1.92. The van der Waals surface area contributed by atoms with Gasteiger partial charge in [-0.25, -0.2) is 4.68 Å². The predicted molar refractivity (Wildman–Crippen MR) is 88.8 cm³/mol. The number of hydrogen-bond donors (Lipinski definition) is 0. The Labute approximate surface area is 134 Å². The molecule has 1 saturated heterocycles. The highest BCUT2D eigenvalue weighted by Gasteiger charge is 2.34. The maximum Gasteiger partial charge on any atom is 0.257 e. The molecule has 4 rings (SSSR count). The molecule has 4 nitrogen and oxygen atoms in total. The van der Waals surface area contributed by atoms with E-state index in [4.69, 9.17) is 0 Å². The van der Waals surface area contributed by atoms with Crippen LogP contribution in [0.5, 0.6) is 0 Å². The summed E-state index contributed by atoms with van der Waals surface area (Å²) in [7, 11) is 0. The highest BCUT2D eigenvalue weighted by Crippen LogP contribution is 2.42. The number of rotatable bonds is 3. The van der Waals surface area contributed by atoms with Crippen LogP contribution in [-0.4, -0.2) is 45.2 Å². The van der Waals surface area contributed by atoms with E-state index in [9.17, 15) is 4.79 Å². The zero-order chi connectivity index (χ0) is 14.9. The number of thioether (sulfide) groups is 1. The summed E-state index contributed by atoms with van der Waals surface area (Å²) in [4.78, 5) is 14.8. The van der Waals surface area contributed by atoms with E-state index in [0.29, 0.717) is 5.92 Å². The van der Waals surface area contributed by atoms with Crippen molar-refractivity contribution in [2.75, 3.05) is 24.6 Å². The van der Waals surface area contributed by atoms with Gasteiger partial charge in [0.25, 0.3) is 5.91 Å². The second-order valence-electron chi connectivity index (χ2n) is 5.87. The fraction of sp³-hybridized carbons (Fsp3) is 0.412. The van der Waals surface area contributed by atoms with Gasteiger partial charge in [0.1, 0.15) is 0 Å². The average molecular weight is 313 g/mol. The Bertz CT molecular complexity index is 672. The summed E-state index contributed by atoms with van der Waals surface area (Å²) in [6, 6.07) is 10.1. The average Bonchev–Trinajstić information content (AvgIpc) is 3.34. The van der Waals surface area contributed by atoms with Gasteiger partial charge in [-0.1, -0.05) is 18.2 Å². The number of para-hydroxylation sites is 1. The second-order valence-corrected chi connectivity index (χ2v) is 7.09. The van der Waals surface area contributed by atoms with Crippen LogP contribution in [0.4, 0.5) is 0 Å². The topological polar surface area (TPSA) is 38.1 Å². The van der Waals surface area contributed by atoms with Crippen LogP contribution in [0, 0.1) is 0 Å². The highest BCUT2D eigenvalue weighted by atomic mass is 32.2. The lowest BCUT2D eigenvalue weighted by molar-refractivity contribution is 0.0771. The fourth-order valence-corrected chi connectivity index (χ4v) is 3.89. The smallest absolute Gasteiger partial charge is 0.257 e. The van der Waals surface area contributed by atoms with Crippen LogP contribution in [-0.2, 0) is 0 Å². The van der Waals surface area contributed by atoms with Crippen molar-refractivity contribution < 1.29 is 4.79 Å². The lowest BCUT2D eigenvalue weighted by Gasteiger charge is -2.26. The number of amides is 1. The molecule has 0 N–H and O–H groups in total. The molecule has 114 valence electrons. The Morgan fingerprint density at radius 2 is 1.86 bits per heavy atom. The summed E-state index contributed by atoms with van der Waals surface area (Å²) in [6.45, 7) is 1.70. The van der Waals surface area contributed by atoms with E-state index in [1.807, 2.05) is 51.7 Å². The van der Waals surface area contributed by atoms with Crippen LogP contribution < -0.4 is 0 Å². The van der Waals surface area contributed by atoms with Gasteiger partial charge < -0.3 is 4.90 Å². The normalized spacial score (nSPS) is 18.5. The molecule has 2 fully saturated rings. The van der Waals surface area contributed by atoms with Gasteiger partial charge in [0.2, 0.25) is 0 Å². The molecule has 1 aliphatic heterocycles. The maximum absolute atomic E-state index is 12.9. The van der Waals surface area contributed by atoms with E-state index in [1.165, 1.54) is 0 Å². The van der Waals surface area contributed by atoms with Gasteiger partial charge in [0, 0.05) is 30.5 Å². The molecule has 1 aromatic carbocycles. The minimum atomic E-state index is 0.157. The number of aromatic nitrogens is 2. The zero-order valence-corrected chi connectivity index (χ0v) is 13.3. The van der Waals surface area contributed by atoms with Gasteiger partial charge in [0.05, 0.1) is 23.1 Å². The van der Waals surface area contributed by atoms with Crippen molar-refractivity contribution in [3.63, 3.8) is 0 Å². The quantitative estimate of drug-likeness (QED) is 0.874. The van der Waals surface area contributed by atoms with Crippen LogP contribution in [0.25, 0.3) is 5.69 Å². The second kappa shape index (κ2) is 5.80. The highest BCUT2D eigenvalue weighted by molar-refractivity contribution is 7.99. The molecule has 0 unspecified atom stereocenters. The van der Waals surface area contributed by atoms with Crippen molar-refractivity contribution in [2.24, 2.45) is 0 Å². The molecule has 0 radical (unpaired) electrons. The molecular formula is C17H19N3OS. The Kier molecular flexibility index (Phi) is 3.66. The Morgan fingerprint density at radius 3 is 2.55 bits per heavy atom. The third-order valence-corrected chi connectivity index (χ3v) is 5.24. The van der Waals surface area contributed by atoms with Gasteiger partial charge in [-0.3, -0.25) is 4.79 Å². The summed E-state index contributed by atoms with van der Waals surface area (Å²) < 4.78 is 1.96. The zero-order valence-electron chi connectivity index (χ0n) is 12.4. The number of benzene rings is 1. The van der Waals surface area contributed by atoms with Crippen LogP contribution in [0.1, 0.15) is 34.8 Å². The van der Waals surface area contributed by atoms with E-state index in [2.05, 4.69) is 5.10 Å². The van der Waals surface area contributed by atoms with Crippen LogP contribution >= 0.6 is 11.8 Å². The summed E-state index contributed by atoms with van der Waals surface area (Å²) in [5.74, 6) is 2.72.